The summed E-state index contributed by atoms with van der Waals surface area (Å²) in [5.41, 5.74) is -1.03. The van der Waals surface area contributed by atoms with Gasteiger partial charge in [-0.3, -0.25) is 4.79 Å². The molecule has 0 aliphatic heterocycles. The van der Waals surface area contributed by atoms with E-state index in [0.29, 0.717) is 12.2 Å². The maximum absolute atomic E-state index is 12.5. The Kier molecular flexibility index (Phi) is 3.19. The molecule has 2 heterocycles. The smallest absolute Gasteiger partial charge is 0.433 e. The Balaban J connectivity index is 1.66. The SMILES string of the molecule is O=C(Nc1cccc(C(F)(F)F)n1)[C@H]1C[C@@H]1c1ccco1. The third-order valence-electron chi connectivity index (χ3n) is 3.33. The number of amides is 1. The molecule has 1 saturated carbocycles. The number of aromatic nitrogens is 1. The Labute approximate surface area is 118 Å². The van der Waals surface area contributed by atoms with Gasteiger partial charge in [0, 0.05) is 11.8 Å². The second-order valence-corrected chi connectivity index (χ2v) is 4.86. The van der Waals surface area contributed by atoms with Crippen LogP contribution in [0.25, 0.3) is 0 Å². The summed E-state index contributed by atoms with van der Waals surface area (Å²) in [6, 6.07) is 6.91. The van der Waals surface area contributed by atoms with Gasteiger partial charge < -0.3 is 9.73 Å². The van der Waals surface area contributed by atoms with Gasteiger partial charge in [-0.2, -0.15) is 13.2 Å². The molecule has 2 aromatic rings. The molecule has 1 fully saturated rings. The molecular weight excluding hydrogens is 285 g/mol. The predicted molar refractivity (Wildman–Crippen MR) is 67.4 cm³/mol. The fourth-order valence-corrected chi connectivity index (χ4v) is 2.18. The molecule has 7 heteroatoms. The van der Waals surface area contributed by atoms with E-state index in [-0.39, 0.29) is 23.6 Å². The minimum absolute atomic E-state index is 0.00852. The fourth-order valence-electron chi connectivity index (χ4n) is 2.18. The highest BCUT2D eigenvalue weighted by Crippen LogP contribution is 2.48. The predicted octanol–water partition coefficient (Wildman–Crippen LogP) is 3.44. The summed E-state index contributed by atoms with van der Waals surface area (Å²) in [7, 11) is 0. The first kappa shape index (κ1) is 13.7. The van der Waals surface area contributed by atoms with Crippen LogP contribution in [-0.4, -0.2) is 10.9 Å². The van der Waals surface area contributed by atoms with Crippen LogP contribution in [0.4, 0.5) is 19.0 Å². The number of carbonyl (C=O) groups excluding carboxylic acids is 1. The minimum atomic E-state index is -4.53. The summed E-state index contributed by atoms with van der Waals surface area (Å²) in [6.07, 6.45) is -2.38. The third-order valence-corrected chi connectivity index (χ3v) is 3.33. The lowest BCUT2D eigenvalue weighted by molar-refractivity contribution is -0.141. The minimum Gasteiger partial charge on any atom is -0.469 e. The molecule has 1 amide bonds. The fraction of sp³-hybridized carbons (Fsp3) is 0.286. The maximum Gasteiger partial charge on any atom is 0.433 e. The first-order valence-corrected chi connectivity index (χ1v) is 6.33. The van der Waals surface area contributed by atoms with Crippen molar-refractivity contribution in [2.45, 2.75) is 18.5 Å². The molecule has 0 radical (unpaired) electrons. The van der Waals surface area contributed by atoms with Crippen LogP contribution in [0.1, 0.15) is 23.8 Å². The van der Waals surface area contributed by atoms with E-state index in [0.717, 1.165) is 6.07 Å². The van der Waals surface area contributed by atoms with Crippen LogP contribution in [0.5, 0.6) is 0 Å². The van der Waals surface area contributed by atoms with Crippen molar-refractivity contribution in [3.05, 3.63) is 48.0 Å². The lowest BCUT2D eigenvalue weighted by Gasteiger charge is -2.08. The Bertz CT molecular complexity index is 652. The molecule has 1 aliphatic carbocycles. The average Bonchev–Trinajstić information content (AvgIpc) is 3.05. The standard InChI is InChI=1S/C14H11F3N2O2/c15-14(16,17)11-4-1-5-12(18-11)19-13(20)9-7-8(9)10-3-2-6-21-10/h1-6,8-9H,7H2,(H,18,19,20)/t8-,9-/m0/s1. The number of nitrogens with one attached hydrogen (secondary N) is 1. The first-order chi connectivity index (χ1) is 9.95. The van der Waals surface area contributed by atoms with Crippen molar-refractivity contribution in [1.29, 1.82) is 0 Å². The van der Waals surface area contributed by atoms with E-state index in [2.05, 4.69) is 10.3 Å². The Hall–Kier alpha value is -2.31. The molecule has 2 aromatic heterocycles. The number of furan rings is 1. The molecule has 0 aromatic carbocycles. The van der Waals surface area contributed by atoms with Crippen LogP contribution >= 0.6 is 0 Å². The van der Waals surface area contributed by atoms with Crippen molar-refractivity contribution in [2.24, 2.45) is 5.92 Å². The summed E-state index contributed by atoms with van der Waals surface area (Å²) in [4.78, 5) is 15.4. The number of alkyl halides is 3. The van der Waals surface area contributed by atoms with E-state index in [1.165, 1.54) is 18.4 Å². The van der Waals surface area contributed by atoms with E-state index in [4.69, 9.17) is 4.42 Å². The number of hydrogen-bond acceptors (Lipinski definition) is 3. The highest BCUT2D eigenvalue weighted by molar-refractivity contribution is 5.94. The summed E-state index contributed by atoms with van der Waals surface area (Å²) >= 11 is 0. The van der Waals surface area contributed by atoms with Gasteiger partial charge in [0.05, 0.1) is 6.26 Å². The van der Waals surface area contributed by atoms with Crippen molar-refractivity contribution < 1.29 is 22.4 Å². The van der Waals surface area contributed by atoms with Gasteiger partial charge in [-0.05, 0) is 30.7 Å². The monoisotopic (exact) mass is 296 g/mol. The molecule has 0 bridgehead atoms. The van der Waals surface area contributed by atoms with Gasteiger partial charge in [0.25, 0.3) is 0 Å². The van der Waals surface area contributed by atoms with Gasteiger partial charge in [-0.15, -0.1) is 0 Å². The molecule has 3 rings (SSSR count). The van der Waals surface area contributed by atoms with Gasteiger partial charge in [-0.25, -0.2) is 4.98 Å². The van der Waals surface area contributed by atoms with Gasteiger partial charge in [0.2, 0.25) is 5.91 Å². The average molecular weight is 296 g/mol. The van der Waals surface area contributed by atoms with Crippen LogP contribution in [0.3, 0.4) is 0 Å². The van der Waals surface area contributed by atoms with Crippen LogP contribution in [0.15, 0.2) is 41.0 Å². The molecule has 1 N–H and O–H groups in total. The zero-order valence-corrected chi connectivity index (χ0v) is 10.7. The molecule has 110 valence electrons. The van der Waals surface area contributed by atoms with Crippen molar-refractivity contribution in [2.75, 3.05) is 5.32 Å². The molecule has 0 spiro atoms. The number of anilines is 1. The largest absolute Gasteiger partial charge is 0.469 e. The van der Waals surface area contributed by atoms with E-state index in [1.807, 2.05) is 0 Å². The van der Waals surface area contributed by atoms with Crippen LogP contribution in [-0.2, 0) is 11.0 Å². The number of nitrogens with zero attached hydrogens (tertiary/aromatic N) is 1. The number of hydrogen-bond donors (Lipinski definition) is 1. The zero-order valence-electron chi connectivity index (χ0n) is 10.7. The number of pyridine rings is 1. The third kappa shape index (κ3) is 2.91. The van der Waals surface area contributed by atoms with Crippen molar-refractivity contribution >= 4 is 11.7 Å². The highest BCUT2D eigenvalue weighted by atomic mass is 19.4. The van der Waals surface area contributed by atoms with Gasteiger partial charge in [-0.1, -0.05) is 6.07 Å². The van der Waals surface area contributed by atoms with E-state index in [9.17, 15) is 18.0 Å². The van der Waals surface area contributed by atoms with Crippen molar-refractivity contribution in [1.82, 2.24) is 4.98 Å². The first-order valence-electron chi connectivity index (χ1n) is 6.33. The van der Waals surface area contributed by atoms with E-state index >= 15 is 0 Å². The second-order valence-electron chi connectivity index (χ2n) is 4.86. The molecule has 0 unspecified atom stereocenters. The molecule has 21 heavy (non-hydrogen) atoms. The highest BCUT2D eigenvalue weighted by Gasteiger charge is 2.46. The van der Waals surface area contributed by atoms with Gasteiger partial charge >= 0.3 is 6.18 Å². The van der Waals surface area contributed by atoms with Crippen LogP contribution in [0.2, 0.25) is 0 Å². The Morgan fingerprint density at radius 1 is 1.29 bits per heavy atom. The van der Waals surface area contributed by atoms with E-state index in [1.54, 1.807) is 12.1 Å². The summed E-state index contributed by atoms with van der Waals surface area (Å²) in [6.45, 7) is 0. The van der Waals surface area contributed by atoms with Crippen molar-refractivity contribution in [3.8, 4) is 0 Å². The number of rotatable bonds is 3. The second kappa shape index (κ2) is 4.91. The molecule has 2 atom stereocenters. The van der Waals surface area contributed by atoms with Crippen LogP contribution < -0.4 is 5.32 Å². The molecule has 0 saturated heterocycles. The molecular formula is C14H11F3N2O2. The topological polar surface area (TPSA) is 55.1 Å². The zero-order chi connectivity index (χ0) is 15.0. The lowest BCUT2D eigenvalue weighted by Crippen LogP contribution is -2.17. The van der Waals surface area contributed by atoms with Crippen LogP contribution in [0, 0.1) is 5.92 Å². The Morgan fingerprint density at radius 3 is 2.76 bits per heavy atom. The lowest BCUT2D eigenvalue weighted by atomic mass is 10.2. The molecule has 4 nitrogen and oxygen atoms in total. The summed E-state index contributed by atoms with van der Waals surface area (Å²) in [5, 5.41) is 2.42. The van der Waals surface area contributed by atoms with Crippen molar-refractivity contribution in [3.63, 3.8) is 0 Å². The summed E-state index contributed by atoms with van der Waals surface area (Å²) < 4.78 is 42.8. The Morgan fingerprint density at radius 2 is 2.10 bits per heavy atom. The quantitative estimate of drug-likeness (QED) is 0.944. The number of carbonyl (C=O) groups is 1. The van der Waals surface area contributed by atoms with E-state index < -0.39 is 11.9 Å². The maximum atomic E-state index is 12.5. The van der Waals surface area contributed by atoms with Gasteiger partial charge in [0.1, 0.15) is 17.3 Å². The normalized spacial score (nSPS) is 21.1. The molecule has 1 aliphatic rings. The number of halogens is 3. The summed E-state index contributed by atoms with van der Waals surface area (Å²) in [5.74, 6) is -0.0198. The van der Waals surface area contributed by atoms with Gasteiger partial charge in [0.15, 0.2) is 0 Å².